The first-order valence-electron chi connectivity index (χ1n) is 7.14. The molecule has 2 aromatic rings. The highest BCUT2D eigenvalue weighted by Gasteiger charge is 2.16. The quantitative estimate of drug-likeness (QED) is 0.859. The molecular formula is C18H19NO3. The van der Waals surface area contributed by atoms with Crippen LogP contribution in [-0.4, -0.2) is 16.9 Å². The van der Waals surface area contributed by atoms with Crippen molar-refractivity contribution in [1.82, 2.24) is 0 Å². The third kappa shape index (κ3) is 4.02. The molecule has 4 heteroatoms. The van der Waals surface area contributed by atoms with E-state index in [9.17, 15) is 9.59 Å². The molecule has 0 fully saturated rings. The van der Waals surface area contributed by atoms with Crippen molar-refractivity contribution in [3.05, 3.63) is 70.8 Å². The Labute approximate surface area is 129 Å². The largest absolute Gasteiger partial charge is 0.478 e. The van der Waals surface area contributed by atoms with Gasteiger partial charge in [0.1, 0.15) is 0 Å². The van der Waals surface area contributed by atoms with Gasteiger partial charge >= 0.3 is 5.97 Å². The van der Waals surface area contributed by atoms with Gasteiger partial charge in [0.05, 0.1) is 11.6 Å². The van der Waals surface area contributed by atoms with Crippen LogP contribution in [0.4, 0.5) is 0 Å². The number of carboxylic acid groups (broad SMARTS) is 1. The Morgan fingerprint density at radius 1 is 1.05 bits per heavy atom. The normalized spacial score (nSPS) is 11.9. The molecule has 1 unspecified atom stereocenters. The smallest absolute Gasteiger partial charge is 0.335 e. The van der Waals surface area contributed by atoms with Crippen LogP contribution in [-0.2, 0) is 11.2 Å². The fourth-order valence-electron chi connectivity index (χ4n) is 2.20. The van der Waals surface area contributed by atoms with E-state index in [0.29, 0.717) is 18.4 Å². The van der Waals surface area contributed by atoms with Crippen molar-refractivity contribution in [2.24, 2.45) is 5.73 Å². The minimum absolute atomic E-state index is 0.0522. The van der Waals surface area contributed by atoms with Gasteiger partial charge in [0, 0.05) is 6.42 Å². The second-order valence-corrected chi connectivity index (χ2v) is 5.36. The van der Waals surface area contributed by atoms with Crippen LogP contribution < -0.4 is 5.73 Å². The SMILES string of the molecule is Cc1ccc(CCC(=O)C(N)c2ccc(C(=O)O)cc2)cc1. The summed E-state index contributed by atoms with van der Waals surface area (Å²) < 4.78 is 0. The number of carbonyl (C=O) groups is 2. The fourth-order valence-corrected chi connectivity index (χ4v) is 2.20. The number of carboxylic acids is 1. The number of hydrogen-bond donors (Lipinski definition) is 2. The lowest BCUT2D eigenvalue weighted by Crippen LogP contribution is -2.21. The first kappa shape index (κ1) is 15.9. The highest BCUT2D eigenvalue weighted by molar-refractivity contribution is 5.88. The number of rotatable bonds is 6. The van der Waals surface area contributed by atoms with Crippen molar-refractivity contribution >= 4 is 11.8 Å². The zero-order valence-electron chi connectivity index (χ0n) is 12.5. The monoisotopic (exact) mass is 297 g/mol. The van der Waals surface area contributed by atoms with Crippen LogP contribution in [0.2, 0.25) is 0 Å². The average Bonchev–Trinajstić information content (AvgIpc) is 2.53. The highest BCUT2D eigenvalue weighted by Crippen LogP contribution is 2.16. The molecular weight excluding hydrogens is 278 g/mol. The second kappa shape index (κ2) is 7.00. The minimum Gasteiger partial charge on any atom is -0.478 e. The fraction of sp³-hybridized carbons (Fsp3) is 0.222. The molecule has 0 aliphatic rings. The lowest BCUT2D eigenvalue weighted by atomic mass is 9.97. The van der Waals surface area contributed by atoms with Crippen LogP contribution in [0.15, 0.2) is 48.5 Å². The van der Waals surface area contributed by atoms with Crippen LogP contribution in [0.5, 0.6) is 0 Å². The minimum atomic E-state index is -0.995. The van der Waals surface area contributed by atoms with E-state index in [-0.39, 0.29) is 11.3 Å². The molecule has 0 bridgehead atoms. The first-order chi connectivity index (χ1) is 10.5. The summed E-state index contributed by atoms with van der Waals surface area (Å²) in [7, 11) is 0. The molecule has 2 aromatic carbocycles. The standard InChI is InChI=1S/C18H19NO3/c1-12-2-4-13(5-3-12)6-11-16(20)17(19)14-7-9-15(10-8-14)18(21)22/h2-5,7-10,17H,6,11,19H2,1H3,(H,21,22). The average molecular weight is 297 g/mol. The predicted octanol–water partition coefficient (Wildman–Crippen LogP) is 2.89. The van der Waals surface area contributed by atoms with Crippen molar-refractivity contribution < 1.29 is 14.7 Å². The molecule has 0 aliphatic carbocycles. The number of nitrogens with two attached hydrogens (primary N) is 1. The number of benzene rings is 2. The van der Waals surface area contributed by atoms with Crippen molar-refractivity contribution in [3.8, 4) is 0 Å². The zero-order chi connectivity index (χ0) is 16.1. The van der Waals surface area contributed by atoms with Gasteiger partial charge in [-0.2, -0.15) is 0 Å². The molecule has 0 aromatic heterocycles. The maximum atomic E-state index is 12.2. The summed E-state index contributed by atoms with van der Waals surface area (Å²) in [5.74, 6) is -1.05. The maximum absolute atomic E-state index is 12.2. The molecule has 2 rings (SSSR count). The lowest BCUT2D eigenvalue weighted by molar-refractivity contribution is -0.120. The van der Waals surface area contributed by atoms with Crippen LogP contribution in [0.3, 0.4) is 0 Å². The number of Topliss-reactive ketones (excluding diaryl/α,β-unsaturated/α-hetero) is 1. The van der Waals surface area contributed by atoms with Crippen LogP contribution in [0.1, 0.15) is 39.5 Å². The van der Waals surface area contributed by atoms with E-state index in [2.05, 4.69) is 0 Å². The van der Waals surface area contributed by atoms with Gasteiger partial charge in [0.15, 0.2) is 5.78 Å². The van der Waals surface area contributed by atoms with Gasteiger partial charge < -0.3 is 10.8 Å². The topological polar surface area (TPSA) is 80.4 Å². The Hall–Kier alpha value is -2.46. The van der Waals surface area contributed by atoms with E-state index in [1.165, 1.54) is 17.7 Å². The molecule has 1 atom stereocenters. The van der Waals surface area contributed by atoms with Gasteiger partial charge in [-0.25, -0.2) is 4.79 Å². The summed E-state index contributed by atoms with van der Waals surface area (Å²) in [6.45, 7) is 2.02. The maximum Gasteiger partial charge on any atom is 0.335 e. The van der Waals surface area contributed by atoms with Crippen LogP contribution in [0.25, 0.3) is 0 Å². The van der Waals surface area contributed by atoms with Gasteiger partial charge in [0.2, 0.25) is 0 Å². The molecule has 22 heavy (non-hydrogen) atoms. The third-order valence-corrected chi connectivity index (χ3v) is 3.64. The molecule has 114 valence electrons. The van der Waals surface area contributed by atoms with Crippen molar-refractivity contribution in [2.45, 2.75) is 25.8 Å². The Balaban J connectivity index is 1.96. The summed E-state index contributed by atoms with van der Waals surface area (Å²) in [6, 6.07) is 13.5. The number of hydrogen-bond acceptors (Lipinski definition) is 3. The van der Waals surface area contributed by atoms with E-state index in [1.54, 1.807) is 12.1 Å². The first-order valence-corrected chi connectivity index (χ1v) is 7.14. The van der Waals surface area contributed by atoms with Crippen molar-refractivity contribution in [1.29, 1.82) is 0 Å². The molecule has 0 spiro atoms. The van der Waals surface area contributed by atoms with E-state index in [0.717, 1.165) is 5.56 Å². The van der Waals surface area contributed by atoms with E-state index in [1.807, 2.05) is 31.2 Å². The summed E-state index contributed by atoms with van der Waals surface area (Å²) in [5.41, 5.74) is 9.07. The van der Waals surface area contributed by atoms with Crippen molar-refractivity contribution in [3.63, 3.8) is 0 Å². The summed E-state index contributed by atoms with van der Waals surface area (Å²) in [5, 5.41) is 8.86. The van der Waals surface area contributed by atoms with E-state index >= 15 is 0 Å². The molecule has 0 heterocycles. The Morgan fingerprint density at radius 3 is 2.18 bits per heavy atom. The zero-order valence-corrected chi connectivity index (χ0v) is 12.5. The number of aryl methyl sites for hydroxylation is 2. The molecule has 0 radical (unpaired) electrons. The molecule has 0 saturated carbocycles. The molecule has 0 amide bonds. The Bertz CT molecular complexity index is 660. The summed E-state index contributed by atoms with van der Waals surface area (Å²) in [4.78, 5) is 23.0. The van der Waals surface area contributed by atoms with E-state index < -0.39 is 12.0 Å². The van der Waals surface area contributed by atoms with E-state index in [4.69, 9.17) is 10.8 Å². The van der Waals surface area contributed by atoms with Gasteiger partial charge in [-0.15, -0.1) is 0 Å². The number of carbonyl (C=O) groups excluding carboxylic acids is 1. The van der Waals surface area contributed by atoms with Gasteiger partial charge in [0.25, 0.3) is 0 Å². The van der Waals surface area contributed by atoms with Gasteiger partial charge in [-0.3, -0.25) is 4.79 Å². The van der Waals surface area contributed by atoms with Crippen LogP contribution >= 0.6 is 0 Å². The lowest BCUT2D eigenvalue weighted by Gasteiger charge is -2.11. The van der Waals surface area contributed by atoms with Crippen LogP contribution in [0, 0.1) is 6.92 Å². The third-order valence-electron chi connectivity index (χ3n) is 3.64. The van der Waals surface area contributed by atoms with Gasteiger partial charge in [-0.05, 0) is 36.6 Å². The highest BCUT2D eigenvalue weighted by atomic mass is 16.4. The molecule has 0 aliphatic heterocycles. The Kier molecular flexibility index (Phi) is 5.07. The van der Waals surface area contributed by atoms with Gasteiger partial charge in [-0.1, -0.05) is 42.0 Å². The predicted molar refractivity (Wildman–Crippen MR) is 84.8 cm³/mol. The van der Waals surface area contributed by atoms with Crippen molar-refractivity contribution in [2.75, 3.05) is 0 Å². The molecule has 3 N–H and O–H groups in total. The molecule has 0 saturated heterocycles. The Morgan fingerprint density at radius 2 is 1.64 bits per heavy atom. The second-order valence-electron chi connectivity index (χ2n) is 5.36. The molecule has 4 nitrogen and oxygen atoms in total. The number of ketones is 1. The summed E-state index contributed by atoms with van der Waals surface area (Å²) in [6.07, 6.45) is 1.02. The summed E-state index contributed by atoms with van der Waals surface area (Å²) >= 11 is 0. The number of aromatic carboxylic acids is 1.